The first-order valence-electron chi connectivity index (χ1n) is 5.51. The molecule has 0 aromatic rings. The van der Waals surface area contributed by atoms with Crippen LogP contribution in [0.25, 0.3) is 0 Å². The average molecular weight is 838 g/mol. The molecule has 0 bridgehead atoms. The van der Waals surface area contributed by atoms with E-state index in [0.717, 1.165) is 0 Å². The first-order chi connectivity index (χ1) is 10.7. The quantitative estimate of drug-likeness (QED) is 0.144. The molecule has 0 spiro atoms. The summed E-state index contributed by atoms with van der Waals surface area (Å²) in [5.74, 6) is 0. The Morgan fingerprint density at radius 2 is 0.692 bits per heavy atom. The fraction of sp³-hybridized carbons (Fsp3) is 1.00. The largest absolute Gasteiger partial charge is 3.00 e. The summed E-state index contributed by atoms with van der Waals surface area (Å²) >= 11 is 0. The van der Waals surface area contributed by atoms with Crippen LogP contribution < -0.4 is 29.4 Å². The minimum atomic E-state index is -4.84. The fourth-order valence-corrected chi connectivity index (χ4v) is 1.37. The number of aliphatic hydroxyl groups excluding tert-OH is 3. The van der Waals surface area contributed by atoms with Crippen molar-refractivity contribution in [1.82, 2.24) is 0 Å². The summed E-state index contributed by atoms with van der Waals surface area (Å²) in [5, 5.41) is 23.7. The van der Waals surface area contributed by atoms with Crippen molar-refractivity contribution in [2.24, 2.45) is 0 Å². The van der Waals surface area contributed by atoms with E-state index in [-0.39, 0.29) is 52.4 Å². The Morgan fingerprint density at radius 1 is 0.538 bits per heavy atom. The Hall–Kier alpha value is 1.98. The van der Waals surface area contributed by atoms with Crippen molar-refractivity contribution in [3.05, 3.63) is 0 Å². The molecule has 0 aromatic heterocycles. The van der Waals surface area contributed by atoms with Gasteiger partial charge in [-0.05, 0) is 0 Å². The number of hydrogen-bond donors (Lipinski definition) is 3. The van der Waals surface area contributed by atoms with Crippen LogP contribution >= 0.6 is 23.5 Å². The summed E-state index contributed by atoms with van der Waals surface area (Å²) < 4.78 is 39.3. The third kappa shape index (κ3) is 56.2. The predicted octanol–water partition coefficient (Wildman–Crippen LogP) is -7.29. The van der Waals surface area contributed by atoms with Gasteiger partial charge >= 0.3 is 52.4 Å². The maximum absolute atomic E-state index is 9.53. The van der Waals surface area contributed by atoms with E-state index in [1.807, 2.05) is 0 Å². The van der Waals surface area contributed by atoms with Gasteiger partial charge in [0.25, 0.3) is 0 Å². The monoisotopic (exact) mass is 838 g/mol. The molecule has 0 aliphatic carbocycles. The van der Waals surface area contributed by atoms with Crippen LogP contribution in [-0.4, -0.2) is 107 Å². The van der Waals surface area contributed by atoms with Crippen molar-refractivity contribution in [1.29, 1.82) is 0 Å². The summed E-state index contributed by atoms with van der Waals surface area (Å²) in [7, 11) is -14.5. The Morgan fingerprint density at radius 3 is 0.731 bits per heavy atom. The Kier molecular flexibility index (Phi) is 32.2. The van der Waals surface area contributed by atoms with Crippen LogP contribution in [0.4, 0.5) is 0 Å². The number of phosphoric ester groups is 3. The van der Waals surface area contributed by atoms with Crippen molar-refractivity contribution in [3.8, 4) is 0 Å². The fourth-order valence-electron chi connectivity index (χ4n) is 0.458. The van der Waals surface area contributed by atoms with Gasteiger partial charge < -0.3 is 71.9 Å². The van der Waals surface area contributed by atoms with E-state index < -0.39 is 63.1 Å². The molecule has 26 heavy (non-hydrogen) atoms. The second-order valence-electron chi connectivity index (χ2n) is 3.01. The molecule has 4 radical (unpaired) electrons. The van der Waals surface area contributed by atoms with Crippen LogP contribution in [0.15, 0.2) is 0 Å². The second-order valence-corrected chi connectivity index (χ2v) is 6.47. The van der Waals surface area contributed by atoms with E-state index >= 15 is 0 Å². The van der Waals surface area contributed by atoms with Gasteiger partial charge in [0.1, 0.15) is 0 Å². The van der Waals surface area contributed by atoms with Crippen LogP contribution in [-0.2, 0) is 27.3 Å². The van der Waals surface area contributed by atoms with Gasteiger partial charge in [0, 0.05) is 0 Å². The van der Waals surface area contributed by atoms with E-state index in [4.69, 9.17) is 15.3 Å². The van der Waals surface area contributed by atoms with Gasteiger partial charge in [-0.25, -0.2) is 0 Å². The molecule has 0 saturated carbocycles. The molecule has 0 fully saturated rings. The Labute approximate surface area is 186 Å². The van der Waals surface area contributed by atoms with Crippen molar-refractivity contribution in [2.45, 2.75) is 0 Å². The van der Waals surface area contributed by atoms with Crippen molar-refractivity contribution >= 4 is 75.9 Å². The van der Waals surface area contributed by atoms with Crippen LogP contribution in [0.1, 0.15) is 0 Å². The summed E-state index contributed by atoms with van der Waals surface area (Å²) in [4.78, 5) is 57.2. The summed E-state index contributed by atoms with van der Waals surface area (Å²) in [6.45, 7) is -2.75. The van der Waals surface area contributed by atoms with E-state index in [2.05, 4.69) is 13.6 Å². The molecule has 0 aliphatic rings. The van der Waals surface area contributed by atoms with E-state index in [0.29, 0.717) is 0 Å². The van der Waals surface area contributed by atoms with Crippen molar-refractivity contribution in [3.63, 3.8) is 0 Å². The SMILES string of the molecule is O=P([O-])([O-])OCCO.O=P([O-])([O-])OCCO.O=P([O-])([O-])OCCO.[Bi+3].[Bi+3]. The maximum atomic E-state index is 9.53. The van der Waals surface area contributed by atoms with Gasteiger partial charge in [0.2, 0.25) is 0 Å². The van der Waals surface area contributed by atoms with Crippen LogP contribution in [0.5, 0.6) is 0 Å². The molecule has 154 valence electrons. The summed E-state index contributed by atoms with van der Waals surface area (Å²) in [6.07, 6.45) is 0. The number of hydrogen-bond acceptors (Lipinski definition) is 15. The number of phosphoric acid groups is 3. The van der Waals surface area contributed by atoms with Gasteiger partial charge in [0.15, 0.2) is 0 Å². The molecule has 0 amide bonds. The topological polar surface area (TPSA) is 278 Å². The van der Waals surface area contributed by atoms with Gasteiger partial charge in [-0.2, -0.15) is 0 Å². The molecule has 0 saturated heterocycles. The van der Waals surface area contributed by atoms with Crippen LogP contribution in [0.2, 0.25) is 0 Å². The van der Waals surface area contributed by atoms with Gasteiger partial charge in [-0.1, -0.05) is 0 Å². The smallest absolute Gasteiger partial charge is 0.790 e. The molecular weight excluding hydrogens is 823 g/mol. The Bertz CT molecular complexity index is 356. The molecule has 20 heteroatoms. The van der Waals surface area contributed by atoms with Gasteiger partial charge in [0.05, 0.1) is 63.1 Å². The first-order valence-corrected chi connectivity index (χ1v) is 9.89. The number of rotatable bonds is 9. The number of aliphatic hydroxyl groups is 3. The van der Waals surface area contributed by atoms with Gasteiger partial charge in [-0.15, -0.1) is 0 Å². The first kappa shape index (κ1) is 38.6. The van der Waals surface area contributed by atoms with Crippen molar-refractivity contribution in [2.75, 3.05) is 39.6 Å². The minimum absolute atomic E-state index is 0. The molecule has 0 aliphatic heterocycles. The van der Waals surface area contributed by atoms with E-state index in [1.54, 1.807) is 0 Å². The average Bonchev–Trinajstić information content (AvgIpc) is 2.39. The predicted molar refractivity (Wildman–Crippen MR) is 73.4 cm³/mol. The van der Waals surface area contributed by atoms with Crippen LogP contribution in [0, 0.1) is 0 Å². The molecule has 15 nitrogen and oxygen atoms in total. The molecule has 0 aromatic carbocycles. The maximum Gasteiger partial charge on any atom is 3.00 e. The minimum Gasteiger partial charge on any atom is -0.790 e. The van der Waals surface area contributed by atoms with Crippen molar-refractivity contribution < 1.29 is 71.9 Å². The molecule has 0 atom stereocenters. The standard InChI is InChI=1S/3C2H7O5P.2Bi/c3*3-1-2-7-8(4,5)6;;/h3*3H,1-2H2,(H2,4,5,6);;/q;;;2*+3/p-6. The van der Waals surface area contributed by atoms with Crippen LogP contribution in [0.3, 0.4) is 0 Å². The third-order valence-electron chi connectivity index (χ3n) is 1.02. The molecule has 0 heterocycles. The third-order valence-corrected chi connectivity index (χ3v) is 2.52. The Balaban J connectivity index is -0.0000000817. The van der Waals surface area contributed by atoms with Gasteiger partial charge in [-0.3, -0.25) is 0 Å². The molecule has 0 rings (SSSR count). The molecule has 3 N–H and O–H groups in total. The second kappa shape index (κ2) is 21.7. The van der Waals surface area contributed by atoms with E-state index in [9.17, 15) is 43.1 Å². The summed E-state index contributed by atoms with van der Waals surface area (Å²) in [6, 6.07) is 0. The zero-order valence-electron chi connectivity index (χ0n) is 12.7. The molecule has 0 unspecified atom stereocenters. The molecular formula is C6H15Bi2O15P3. The summed E-state index contributed by atoms with van der Waals surface area (Å²) in [5.41, 5.74) is 0. The zero-order chi connectivity index (χ0) is 19.9. The normalized spacial score (nSPS) is 11.0. The van der Waals surface area contributed by atoms with E-state index in [1.165, 1.54) is 0 Å². The zero-order valence-corrected chi connectivity index (χ0v) is 22.4.